The fraction of sp³-hybridized carbons (Fsp3) is 0.143. The van der Waals surface area contributed by atoms with Crippen molar-refractivity contribution in [2.24, 2.45) is 0 Å². The summed E-state index contributed by atoms with van der Waals surface area (Å²) < 4.78 is 0. The Balaban J connectivity index is 2.88. The molecule has 3 heteroatoms. The Morgan fingerprint density at radius 1 is 1.60 bits per heavy atom. The molecule has 1 rings (SSSR count). The summed E-state index contributed by atoms with van der Waals surface area (Å²) in [7, 11) is 1.67. The van der Waals surface area contributed by atoms with E-state index in [4.69, 9.17) is 5.26 Å². The van der Waals surface area contributed by atoms with Crippen LogP contribution in [0.1, 0.15) is 0 Å². The number of hydrogen-bond acceptors (Lipinski definition) is 3. The molecular weight excluding hydrogens is 126 g/mol. The molecule has 0 unspecified atom stereocenters. The number of hydrogen-bond donors (Lipinski definition) is 0. The molecule has 1 heterocycles. The van der Waals surface area contributed by atoms with Crippen LogP contribution in [0, 0.1) is 11.5 Å². The van der Waals surface area contributed by atoms with Crippen LogP contribution in [0.4, 0.5) is 5.82 Å². The highest BCUT2D eigenvalue weighted by Crippen LogP contribution is 2.03. The highest BCUT2D eigenvalue weighted by atomic mass is 15.1. The molecule has 1 aromatic rings. The largest absolute Gasteiger partial charge is 0.266 e. The third-order valence-electron chi connectivity index (χ3n) is 1.14. The van der Waals surface area contributed by atoms with E-state index in [0.29, 0.717) is 5.82 Å². The number of pyridine rings is 1. The molecule has 0 N–H and O–H groups in total. The van der Waals surface area contributed by atoms with Gasteiger partial charge < -0.3 is 0 Å². The van der Waals surface area contributed by atoms with Crippen LogP contribution in [0.15, 0.2) is 24.4 Å². The standard InChI is InChI=1S/C7H7N3/c1-10(6-8)7-4-2-3-5-9-7/h2-5H,1H3. The monoisotopic (exact) mass is 133 g/mol. The molecular formula is C7H7N3. The molecule has 0 atom stereocenters. The van der Waals surface area contributed by atoms with Gasteiger partial charge >= 0.3 is 0 Å². The molecule has 0 saturated heterocycles. The van der Waals surface area contributed by atoms with Crippen molar-refractivity contribution in [3.05, 3.63) is 24.4 Å². The van der Waals surface area contributed by atoms with Crippen LogP contribution in [0.2, 0.25) is 0 Å². The number of rotatable bonds is 1. The van der Waals surface area contributed by atoms with E-state index < -0.39 is 0 Å². The Kier molecular flexibility index (Phi) is 1.86. The molecule has 0 aliphatic carbocycles. The zero-order chi connectivity index (χ0) is 7.40. The third kappa shape index (κ3) is 1.23. The summed E-state index contributed by atoms with van der Waals surface area (Å²) in [5.41, 5.74) is 0. The van der Waals surface area contributed by atoms with Gasteiger partial charge in [0.1, 0.15) is 5.82 Å². The lowest BCUT2D eigenvalue weighted by molar-refractivity contribution is 1.13. The maximum atomic E-state index is 8.42. The lowest BCUT2D eigenvalue weighted by Gasteiger charge is -2.04. The van der Waals surface area contributed by atoms with Gasteiger partial charge in [0, 0.05) is 13.2 Å². The third-order valence-corrected chi connectivity index (χ3v) is 1.14. The minimum absolute atomic E-state index is 0.671. The minimum atomic E-state index is 0.671. The van der Waals surface area contributed by atoms with E-state index in [1.165, 1.54) is 4.90 Å². The van der Waals surface area contributed by atoms with Crippen LogP contribution in [0.3, 0.4) is 0 Å². The molecule has 0 radical (unpaired) electrons. The van der Waals surface area contributed by atoms with Gasteiger partial charge in [-0.05, 0) is 12.1 Å². The smallest absolute Gasteiger partial charge is 0.185 e. The Hall–Kier alpha value is -1.56. The van der Waals surface area contributed by atoms with Gasteiger partial charge in [0.05, 0.1) is 0 Å². The fourth-order valence-electron chi connectivity index (χ4n) is 0.603. The summed E-state index contributed by atoms with van der Waals surface area (Å²) in [5.74, 6) is 0.671. The summed E-state index contributed by atoms with van der Waals surface area (Å²) in [5, 5.41) is 8.42. The van der Waals surface area contributed by atoms with Gasteiger partial charge in [0.2, 0.25) is 0 Å². The molecule has 1 aromatic heterocycles. The first-order chi connectivity index (χ1) is 4.84. The maximum Gasteiger partial charge on any atom is 0.185 e. The first-order valence-corrected chi connectivity index (χ1v) is 2.89. The highest BCUT2D eigenvalue weighted by molar-refractivity contribution is 5.40. The fourth-order valence-corrected chi connectivity index (χ4v) is 0.603. The maximum absolute atomic E-state index is 8.42. The van der Waals surface area contributed by atoms with Gasteiger partial charge in [-0.3, -0.25) is 4.90 Å². The van der Waals surface area contributed by atoms with Gasteiger partial charge in [-0.25, -0.2) is 4.98 Å². The molecule has 0 saturated carbocycles. The topological polar surface area (TPSA) is 39.9 Å². The van der Waals surface area contributed by atoms with Gasteiger partial charge in [0.25, 0.3) is 0 Å². The van der Waals surface area contributed by atoms with E-state index in [0.717, 1.165) is 0 Å². The van der Waals surface area contributed by atoms with Crippen LogP contribution < -0.4 is 4.90 Å². The Labute approximate surface area is 59.5 Å². The van der Waals surface area contributed by atoms with Crippen LogP contribution in [-0.2, 0) is 0 Å². The zero-order valence-corrected chi connectivity index (χ0v) is 5.65. The second kappa shape index (κ2) is 2.83. The van der Waals surface area contributed by atoms with Gasteiger partial charge in [0.15, 0.2) is 6.19 Å². The molecule has 0 aliphatic rings. The summed E-state index contributed by atoms with van der Waals surface area (Å²) in [6.45, 7) is 0. The molecule has 10 heavy (non-hydrogen) atoms. The second-order valence-electron chi connectivity index (χ2n) is 1.85. The van der Waals surface area contributed by atoms with Crippen molar-refractivity contribution in [2.75, 3.05) is 11.9 Å². The van der Waals surface area contributed by atoms with E-state index in [-0.39, 0.29) is 0 Å². The van der Waals surface area contributed by atoms with Crippen molar-refractivity contribution in [3.63, 3.8) is 0 Å². The molecule has 50 valence electrons. The average molecular weight is 133 g/mol. The summed E-state index contributed by atoms with van der Waals surface area (Å²) in [4.78, 5) is 5.36. The Morgan fingerprint density at radius 2 is 2.40 bits per heavy atom. The van der Waals surface area contributed by atoms with Crippen molar-refractivity contribution >= 4 is 5.82 Å². The predicted octanol–water partition coefficient (Wildman–Crippen LogP) is 0.999. The van der Waals surface area contributed by atoms with Gasteiger partial charge in [-0.15, -0.1) is 0 Å². The first-order valence-electron chi connectivity index (χ1n) is 2.89. The number of nitriles is 1. The van der Waals surface area contributed by atoms with E-state index in [9.17, 15) is 0 Å². The molecule has 0 aliphatic heterocycles. The normalized spacial score (nSPS) is 8.40. The highest BCUT2D eigenvalue weighted by Gasteiger charge is 1.95. The van der Waals surface area contributed by atoms with Gasteiger partial charge in [-0.2, -0.15) is 5.26 Å². The lowest BCUT2D eigenvalue weighted by Crippen LogP contribution is -2.08. The van der Waals surface area contributed by atoms with Crippen molar-refractivity contribution in [1.29, 1.82) is 5.26 Å². The van der Waals surface area contributed by atoms with Crippen molar-refractivity contribution in [1.82, 2.24) is 4.98 Å². The molecule has 0 amide bonds. The SMILES string of the molecule is CN(C#N)c1ccccn1. The van der Waals surface area contributed by atoms with Crippen molar-refractivity contribution < 1.29 is 0 Å². The van der Waals surface area contributed by atoms with Gasteiger partial charge in [-0.1, -0.05) is 6.07 Å². The minimum Gasteiger partial charge on any atom is -0.266 e. The lowest BCUT2D eigenvalue weighted by atomic mass is 10.4. The number of anilines is 1. The van der Waals surface area contributed by atoms with Crippen LogP contribution in [0.25, 0.3) is 0 Å². The second-order valence-corrected chi connectivity index (χ2v) is 1.85. The number of aromatic nitrogens is 1. The van der Waals surface area contributed by atoms with E-state index in [2.05, 4.69) is 4.98 Å². The van der Waals surface area contributed by atoms with Crippen molar-refractivity contribution in [3.8, 4) is 6.19 Å². The summed E-state index contributed by atoms with van der Waals surface area (Å²) in [6.07, 6.45) is 3.61. The Morgan fingerprint density at radius 3 is 2.90 bits per heavy atom. The molecule has 3 nitrogen and oxygen atoms in total. The molecule has 0 fully saturated rings. The summed E-state index contributed by atoms with van der Waals surface area (Å²) in [6, 6.07) is 5.44. The first kappa shape index (κ1) is 6.56. The van der Waals surface area contributed by atoms with Crippen molar-refractivity contribution in [2.45, 2.75) is 0 Å². The molecule has 0 spiro atoms. The van der Waals surface area contributed by atoms with E-state index in [1.807, 2.05) is 18.3 Å². The number of nitrogens with zero attached hydrogens (tertiary/aromatic N) is 3. The summed E-state index contributed by atoms with van der Waals surface area (Å²) >= 11 is 0. The predicted molar refractivity (Wildman–Crippen MR) is 38.3 cm³/mol. The molecule has 0 aromatic carbocycles. The van der Waals surface area contributed by atoms with E-state index >= 15 is 0 Å². The van der Waals surface area contributed by atoms with Crippen LogP contribution in [0.5, 0.6) is 0 Å². The quantitative estimate of drug-likeness (QED) is 0.424. The Bertz CT molecular complexity index is 237. The molecule has 0 bridgehead atoms. The van der Waals surface area contributed by atoms with Crippen LogP contribution in [-0.4, -0.2) is 12.0 Å². The van der Waals surface area contributed by atoms with E-state index in [1.54, 1.807) is 19.3 Å². The van der Waals surface area contributed by atoms with Crippen LogP contribution >= 0.6 is 0 Å². The zero-order valence-electron chi connectivity index (χ0n) is 5.65. The average Bonchev–Trinajstić information content (AvgIpc) is 2.05.